The van der Waals surface area contributed by atoms with Gasteiger partial charge < -0.3 is 19.5 Å². The number of carbonyl (C=O) groups excluding carboxylic acids is 1. The smallest absolute Gasteiger partial charge is 0.262 e. The molecule has 0 radical (unpaired) electrons. The highest BCUT2D eigenvalue weighted by Gasteiger charge is 2.07. The van der Waals surface area contributed by atoms with Crippen LogP contribution in [0, 0.1) is 0 Å². The van der Waals surface area contributed by atoms with Crippen molar-refractivity contribution in [3.05, 3.63) is 59.7 Å². The van der Waals surface area contributed by atoms with E-state index >= 15 is 0 Å². The van der Waals surface area contributed by atoms with Crippen molar-refractivity contribution in [2.75, 3.05) is 31.7 Å². The summed E-state index contributed by atoms with van der Waals surface area (Å²) in [6, 6.07) is 15.4. The van der Waals surface area contributed by atoms with E-state index in [1.165, 1.54) is 0 Å². The largest absolute Gasteiger partial charge is 0.483 e. The van der Waals surface area contributed by atoms with Crippen molar-refractivity contribution in [3.63, 3.8) is 0 Å². The van der Waals surface area contributed by atoms with Crippen LogP contribution in [-0.4, -0.2) is 32.3 Å². The normalized spacial score (nSPS) is 10.5. The number of para-hydroxylation sites is 1. The van der Waals surface area contributed by atoms with Gasteiger partial charge in [0.25, 0.3) is 5.91 Å². The Bertz CT molecular complexity index is 687. The summed E-state index contributed by atoms with van der Waals surface area (Å²) < 4.78 is 16.4. The highest BCUT2D eigenvalue weighted by atomic mass is 16.5. The molecule has 1 N–H and O–H groups in total. The van der Waals surface area contributed by atoms with Crippen molar-refractivity contribution in [3.8, 4) is 5.75 Å². The van der Waals surface area contributed by atoms with Gasteiger partial charge in [0.1, 0.15) is 5.75 Å². The van der Waals surface area contributed by atoms with Crippen molar-refractivity contribution in [1.82, 2.24) is 0 Å². The molecule has 0 aliphatic heterocycles. The topological polar surface area (TPSA) is 56.8 Å². The molecule has 26 heavy (non-hydrogen) atoms. The maximum absolute atomic E-state index is 12.1. The number of nitrogens with one attached hydrogen (secondary N) is 1. The zero-order chi connectivity index (χ0) is 18.6. The van der Waals surface area contributed by atoms with Crippen molar-refractivity contribution < 1.29 is 19.0 Å². The molecular weight excluding hydrogens is 330 g/mol. The maximum Gasteiger partial charge on any atom is 0.262 e. The Hall–Kier alpha value is -2.37. The Kier molecular flexibility index (Phi) is 8.66. The van der Waals surface area contributed by atoms with Gasteiger partial charge in [0, 0.05) is 12.3 Å². The zero-order valence-corrected chi connectivity index (χ0v) is 15.5. The lowest BCUT2D eigenvalue weighted by atomic mass is 10.1. The molecule has 0 fully saturated rings. The first-order valence-corrected chi connectivity index (χ1v) is 8.98. The van der Waals surface area contributed by atoms with Crippen molar-refractivity contribution in [1.29, 1.82) is 0 Å². The number of hydrogen-bond donors (Lipinski definition) is 1. The van der Waals surface area contributed by atoms with E-state index in [-0.39, 0.29) is 12.5 Å². The predicted octanol–water partition coefficient (Wildman–Crippen LogP) is 3.82. The number of aryl methyl sites for hydroxylation is 1. The summed E-state index contributed by atoms with van der Waals surface area (Å²) in [4.78, 5) is 12.1. The van der Waals surface area contributed by atoms with Crippen LogP contribution in [0.25, 0.3) is 0 Å². The summed E-state index contributed by atoms with van der Waals surface area (Å²) in [5.41, 5.74) is 2.82. The van der Waals surface area contributed by atoms with Gasteiger partial charge in [0.15, 0.2) is 6.61 Å². The summed E-state index contributed by atoms with van der Waals surface area (Å²) in [7, 11) is 0. The van der Waals surface area contributed by atoms with Crippen LogP contribution >= 0.6 is 0 Å². The number of amides is 1. The number of anilines is 1. The summed E-state index contributed by atoms with van der Waals surface area (Å²) in [5, 5.41) is 2.86. The molecule has 0 heterocycles. The van der Waals surface area contributed by atoms with Gasteiger partial charge in [-0.05, 0) is 42.7 Å². The average molecular weight is 357 g/mol. The van der Waals surface area contributed by atoms with Gasteiger partial charge in [-0.25, -0.2) is 0 Å². The molecule has 0 saturated heterocycles. The Morgan fingerprint density at radius 2 is 1.81 bits per heavy atom. The zero-order valence-electron chi connectivity index (χ0n) is 15.5. The van der Waals surface area contributed by atoms with Crippen molar-refractivity contribution in [2.45, 2.75) is 26.9 Å². The van der Waals surface area contributed by atoms with Crippen LogP contribution in [0.1, 0.15) is 25.0 Å². The van der Waals surface area contributed by atoms with E-state index in [0.29, 0.717) is 26.4 Å². The molecule has 0 spiro atoms. The Morgan fingerprint density at radius 3 is 2.62 bits per heavy atom. The molecule has 0 aromatic heterocycles. The Morgan fingerprint density at radius 1 is 1.00 bits per heavy atom. The van der Waals surface area contributed by atoms with Crippen molar-refractivity contribution in [2.24, 2.45) is 0 Å². The number of ether oxygens (including phenoxy) is 3. The molecule has 0 atom stereocenters. The molecule has 0 unspecified atom stereocenters. The fourth-order valence-corrected chi connectivity index (χ4v) is 2.47. The third kappa shape index (κ3) is 6.86. The van der Waals surface area contributed by atoms with Crippen LogP contribution in [0.5, 0.6) is 5.75 Å². The van der Waals surface area contributed by atoms with E-state index in [9.17, 15) is 4.79 Å². The van der Waals surface area contributed by atoms with Crippen molar-refractivity contribution >= 4 is 11.6 Å². The van der Waals surface area contributed by atoms with E-state index in [0.717, 1.165) is 29.0 Å². The maximum atomic E-state index is 12.1. The third-order valence-electron chi connectivity index (χ3n) is 3.77. The highest BCUT2D eigenvalue weighted by Crippen LogP contribution is 2.18. The van der Waals surface area contributed by atoms with Gasteiger partial charge in [-0.1, -0.05) is 37.3 Å². The lowest BCUT2D eigenvalue weighted by Gasteiger charge is -2.11. The second-order valence-electron chi connectivity index (χ2n) is 5.75. The quantitative estimate of drug-likeness (QED) is 0.621. The molecule has 5 nitrogen and oxygen atoms in total. The number of carbonyl (C=O) groups is 1. The van der Waals surface area contributed by atoms with Crippen LogP contribution in [0.3, 0.4) is 0 Å². The fraction of sp³-hybridized carbons (Fsp3) is 0.381. The van der Waals surface area contributed by atoms with Crippen LogP contribution in [0.2, 0.25) is 0 Å². The monoisotopic (exact) mass is 357 g/mol. The van der Waals surface area contributed by atoms with Crippen LogP contribution in [0.4, 0.5) is 5.69 Å². The molecule has 5 heteroatoms. The number of benzene rings is 2. The molecule has 2 rings (SSSR count). The molecule has 0 aliphatic rings. The van der Waals surface area contributed by atoms with E-state index in [1.807, 2.05) is 55.5 Å². The first kappa shape index (κ1) is 19.9. The van der Waals surface area contributed by atoms with Crippen LogP contribution in [0.15, 0.2) is 48.5 Å². The Balaban J connectivity index is 1.80. The predicted molar refractivity (Wildman–Crippen MR) is 103 cm³/mol. The molecule has 2 aromatic carbocycles. The third-order valence-corrected chi connectivity index (χ3v) is 3.77. The van der Waals surface area contributed by atoms with Gasteiger partial charge in [-0.2, -0.15) is 0 Å². The summed E-state index contributed by atoms with van der Waals surface area (Å²) in [6.45, 7) is 6.30. The Labute approximate surface area is 155 Å². The number of rotatable bonds is 11. The van der Waals surface area contributed by atoms with E-state index in [4.69, 9.17) is 14.2 Å². The molecule has 0 aliphatic carbocycles. The lowest BCUT2D eigenvalue weighted by molar-refractivity contribution is -0.118. The summed E-state index contributed by atoms with van der Waals surface area (Å²) in [5.74, 6) is 0.562. The second kappa shape index (κ2) is 11.3. The second-order valence-corrected chi connectivity index (χ2v) is 5.75. The van der Waals surface area contributed by atoms with E-state index < -0.39 is 0 Å². The van der Waals surface area contributed by atoms with E-state index in [1.54, 1.807) is 0 Å². The van der Waals surface area contributed by atoms with E-state index in [2.05, 4.69) is 12.2 Å². The summed E-state index contributed by atoms with van der Waals surface area (Å²) in [6.07, 6.45) is 0.864. The minimum Gasteiger partial charge on any atom is -0.483 e. The summed E-state index contributed by atoms with van der Waals surface area (Å²) >= 11 is 0. The molecule has 0 bridgehead atoms. The molecular formula is C21H27NO4. The van der Waals surface area contributed by atoms with Gasteiger partial charge in [0.05, 0.1) is 19.8 Å². The average Bonchev–Trinajstić information content (AvgIpc) is 2.67. The standard InChI is InChI=1S/C21H27NO4/c1-3-18-9-5-6-11-20(18)26-16-21(23)22-19-10-7-8-17(14-19)15-25-13-12-24-4-2/h5-11,14H,3-4,12-13,15-16H2,1-2H3,(H,22,23). The first-order valence-electron chi connectivity index (χ1n) is 8.98. The minimum atomic E-state index is -0.190. The molecule has 2 aromatic rings. The molecule has 140 valence electrons. The lowest BCUT2D eigenvalue weighted by Crippen LogP contribution is -2.20. The van der Waals surface area contributed by atoms with Gasteiger partial charge in [0.2, 0.25) is 0 Å². The van der Waals surface area contributed by atoms with Gasteiger partial charge in [-0.3, -0.25) is 4.79 Å². The van der Waals surface area contributed by atoms with Crippen LogP contribution in [-0.2, 0) is 27.3 Å². The minimum absolute atomic E-state index is 0.0217. The fourth-order valence-electron chi connectivity index (χ4n) is 2.47. The van der Waals surface area contributed by atoms with Gasteiger partial charge >= 0.3 is 0 Å². The number of hydrogen-bond acceptors (Lipinski definition) is 4. The first-order chi connectivity index (χ1) is 12.7. The molecule has 0 saturated carbocycles. The van der Waals surface area contributed by atoms with Crippen LogP contribution < -0.4 is 10.1 Å². The molecule has 1 amide bonds. The highest BCUT2D eigenvalue weighted by molar-refractivity contribution is 5.91. The SMILES string of the molecule is CCOCCOCc1cccc(NC(=O)COc2ccccc2CC)c1. The van der Waals surface area contributed by atoms with Gasteiger partial charge in [-0.15, -0.1) is 0 Å².